The van der Waals surface area contributed by atoms with Crippen LogP contribution >= 0.6 is 11.3 Å². The molecule has 0 unspecified atom stereocenters. The number of hydrogen-bond acceptors (Lipinski definition) is 6. The van der Waals surface area contributed by atoms with Gasteiger partial charge in [-0.1, -0.05) is 60.7 Å². The highest BCUT2D eigenvalue weighted by Crippen LogP contribution is 2.37. The lowest BCUT2D eigenvalue weighted by Crippen LogP contribution is -2.15. The van der Waals surface area contributed by atoms with Crippen LogP contribution in [0.15, 0.2) is 109 Å². The molecule has 2 aromatic heterocycles. The second-order valence-corrected chi connectivity index (χ2v) is 10.3. The average molecular weight is 542 g/mol. The van der Waals surface area contributed by atoms with E-state index in [0.29, 0.717) is 40.9 Å². The van der Waals surface area contributed by atoms with Crippen molar-refractivity contribution in [2.45, 2.75) is 0 Å². The van der Waals surface area contributed by atoms with Crippen LogP contribution in [0, 0.1) is 0 Å². The number of ketones is 1. The standard InChI is InChI=1S/C33H23N3O3S/c37-32(22-9-3-1-4-10-22)26(33-34-27-13-7-8-14-30(27)40-33)19-24-21-36(25-11-5-2-6-12-25)35-31(24)23-15-16-28-29(20-23)39-18-17-38-28/h1-16,19-21H,17-18H2. The number of thiazole rings is 1. The number of carbonyl (C=O) groups excluding carboxylic acids is 1. The molecular weight excluding hydrogens is 518 g/mol. The summed E-state index contributed by atoms with van der Waals surface area (Å²) in [7, 11) is 0. The van der Waals surface area contributed by atoms with Crippen molar-refractivity contribution >= 4 is 39.0 Å². The van der Waals surface area contributed by atoms with Gasteiger partial charge >= 0.3 is 0 Å². The van der Waals surface area contributed by atoms with Gasteiger partial charge in [-0.2, -0.15) is 5.10 Å². The van der Waals surface area contributed by atoms with Crippen LogP contribution < -0.4 is 9.47 Å². The Morgan fingerprint density at radius 2 is 1.55 bits per heavy atom. The molecule has 0 saturated carbocycles. The van der Waals surface area contributed by atoms with Crippen molar-refractivity contribution in [3.05, 3.63) is 125 Å². The van der Waals surface area contributed by atoms with Gasteiger partial charge in [0.05, 0.1) is 21.5 Å². The van der Waals surface area contributed by atoms with E-state index in [4.69, 9.17) is 19.6 Å². The minimum Gasteiger partial charge on any atom is -0.486 e. The third-order valence-electron chi connectivity index (χ3n) is 6.68. The molecule has 7 heteroatoms. The van der Waals surface area contributed by atoms with Gasteiger partial charge in [0.15, 0.2) is 17.3 Å². The Kier molecular flexibility index (Phi) is 6.18. The third kappa shape index (κ3) is 4.57. The zero-order chi connectivity index (χ0) is 26.9. The van der Waals surface area contributed by atoms with Crippen LogP contribution in [0.2, 0.25) is 0 Å². The summed E-state index contributed by atoms with van der Waals surface area (Å²) in [4.78, 5) is 18.8. The van der Waals surface area contributed by atoms with Crippen LogP contribution in [0.4, 0.5) is 0 Å². The first-order valence-electron chi connectivity index (χ1n) is 13.0. The fourth-order valence-corrected chi connectivity index (χ4v) is 5.71. The second-order valence-electron chi connectivity index (χ2n) is 9.31. The van der Waals surface area contributed by atoms with Gasteiger partial charge in [0, 0.05) is 22.9 Å². The smallest absolute Gasteiger partial charge is 0.196 e. The Balaban J connectivity index is 1.43. The topological polar surface area (TPSA) is 66.2 Å². The molecule has 0 spiro atoms. The third-order valence-corrected chi connectivity index (χ3v) is 7.75. The SMILES string of the molecule is O=C(C(=Cc1cn(-c2ccccc2)nc1-c1ccc2c(c1)OCCO2)c1nc2ccccc2s1)c1ccccc1. The van der Waals surface area contributed by atoms with Gasteiger partial charge in [0.2, 0.25) is 0 Å². The zero-order valence-electron chi connectivity index (χ0n) is 21.4. The van der Waals surface area contributed by atoms with E-state index in [0.717, 1.165) is 32.7 Å². The molecule has 0 atom stereocenters. The number of hydrogen-bond donors (Lipinski definition) is 0. The van der Waals surface area contributed by atoms with Crippen LogP contribution in [0.1, 0.15) is 20.9 Å². The molecule has 0 N–H and O–H groups in total. The molecule has 40 heavy (non-hydrogen) atoms. The van der Waals surface area contributed by atoms with Gasteiger partial charge in [-0.25, -0.2) is 9.67 Å². The highest BCUT2D eigenvalue weighted by Gasteiger charge is 2.22. The number of Topliss-reactive ketones (excluding diaryl/α,β-unsaturated/α-hetero) is 1. The Hall–Kier alpha value is -5.01. The maximum Gasteiger partial charge on any atom is 0.196 e. The van der Waals surface area contributed by atoms with Crippen LogP contribution in [0.5, 0.6) is 11.5 Å². The lowest BCUT2D eigenvalue weighted by molar-refractivity contribution is 0.105. The molecule has 0 fully saturated rings. The number of rotatable bonds is 6. The maximum absolute atomic E-state index is 14.0. The quantitative estimate of drug-likeness (QED) is 0.163. The predicted molar refractivity (Wildman–Crippen MR) is 158 cm³/mol. The minimum absolute atomic E-state index is 0.0970. The summed E-state index contributed by atoms with van der Waals surface area (Å²) in [5.74, 6) is 1.30. The van der Waals surface area contributed by atoms with Gasteiger partial charge in [-0.05, 0) is 48.5 Å². The lowest BCUT2D eigenvalue weighted by atomic mass is 10.00. The summed E-state index contributed by atoms with van der Waals surface area (Å²) in [6, 6.07) is 33.0. The number of carbonyl (C=O) groups is 1. The Labute approximate surface area is 234 Å². The fourth-order valence-electron chi connectivity index (χ4n) is 4.73. The molecular formula is C33H23N3O3S. The van der Waals surface area contributed by atoms with E-state index in [9.17, 15) is 4.79 Å². The number of nitrogens with zero attached hydrogens (tertiary/aromatic N) is 3. The molecule has 0 amide bonds. The van der Waals surface area contributed by atoms with E-state index < -0.39 is 0 Å². The molecule has 4 aromatic carbocycles. The van der Waals surface area contributed by atoms with Gasteiger partial charge in [-0.15, -0.1) is 11.3 Å². The van der Waals surface area contributed by atoms with Gasteiger partial charge in [0.1, 0.15) is 23.9 Å². The molecule has 0 bridgehead atoms. The highest BCUT2D eigenvalue weighted by molar-refractivity contribution is 7.20. The van der Waals surface area contributed by atoms with E-state index in [2.05, 4.69) is 0 Å². The van der Waals surface area contributed by atoms with Crippen LogP contribution in [-0.4, -0.2) is 33.8 Å². The number of aromatic nitrogens is 3. The normalized spacial score (nSPS) is 12.9. The van der Waals surface area contributed by atoms with E-state index in [-0.39, 0.29) is 5.78 Å². The first-order valence-corrected chi connectivity index (χ1v) is 13.8. The van der Waals surface area contributed by atoms with E-state index in [1.807, 2.05) is 120 Å². The summed E-state index contributed by atoms with van der Waals surface area (Å²) < 4.78 is 14.5. The van der Waals surface area contributed by atoms with Crippen molar-refractivity contribution in [3.63, 3.8) is 0 Å². The Morgan fingerprint density at radius 1 is 0.825 bits per heavy atom. The molecule has 6 nitrogen and oxygen atoms in total. The molecule has 7 rings (SSSR count). The number of fused-ring (bicyclic) bond motifs is 2. The van der Waals surface area contributed by atoms with Crippen LogP contribution in [-0.2, 0) is 0 Å². The molecule has 0 radical (unpaired) electrons. The minimum atomic E-state index is -0.0970. The van der Waals surface area contributed by atoms with Crippen molar-refractivity contribution in [1.29, 1.82) is 0 Å². The van der Waals surface area contributed by atoms with Crippen LogP contribution in [0.3, 0.4) is 0 Å². The molecule has 1 aliphatic rings. The van der Waals surface area contributed by atoms with Crippen molar-refractivity contribution < 1.29 is 14.3 Å². The molecule has 194 valence electrons. The molecule has 3 heterocycles. The Morgan fingerprint density at radius 3 is 2.35 bits per heavy atom. The number of benzene rings is 4. The molecule has 1 aliphatic heterocycles. The van der Waals surface area contributed by atoms with Crippen molar-refractivity contribution in [2.24, 2.45) is 0 Å². The zero-order valence-corrected chi connectivity index (χ0v) is 22.2. The van der Waals surface area contributed by atoms with Gasteiger partial charge in [-0.3, -0.25) is 4.79 Å². The van der Waals surface area contributed by atoms with Crippen LogP contribution in [0.25, 0.3) is 38.8 Å². The highest BCUT2D eigenvalue weighted by atomic mass is 32.1. The summed E-state index contributed by atoms with van der Waals surface area (Å²) in [5, 5.41) is 5.63. The molecule has 6 aromatic rings. The second kappa shape index (κ2) is 10.3. The van der Waals surface area contributed by atoms with E-state index in [1.54, 1.807) is 0 Å². The fraction of sp³-hybridized carbons (Fsp3) is 0.0606. The summed E-state index contributed by atoms with van der Waals surface area (Å²) in [6.07, 6.45) is 3.86. The van der Waals surface area contributed by atoms with Gasteiger partial charge < -0.3 is 9.47 Å². The van der Waals surface area contributed by atoms with Crippen molar-refractivity contribution in [3.8, 4) is 28.4 Å². The molecule has 0 saturated heterocycles. The van der Waals surface area contributed by atoms with Gasteiger partial charge in [0.25, 0.3) is 0 Å². The lowest BCUT2D eigenvalue weighted by Gasteiger charge is -2.18. The summed E-state index contributed by atoms with van der Waals surface area (Å²) >= 11 is 1.51. The molecule has 0 aliphatic carbocycles. The van der Waals surface area contributed by atoms with Crippen molar-refractivity contribution in [2.75, 3.05) is 13.2 Å². The first-order chi connectivity index (χ1) is 19.7. The maximum atomic E-state index is 14.0. The van der Waals surface area contributed by atoms with Crippen molar-refractivity contribution in [1.82, 2.24) is 14.8 Å². The summed E-state index contributed by atoms with van der Waals surface area (Å²) in [6.45, 7) is 1.02. The summed E-state index contributed by atoms with van der Waals surface area (Å²) in [5.41, 5.74) is 5.27. The number of allylic oxidation sites excluding steroid dienone is 1. The monoisotopic (exact) mass is 541 g/mol. The number of para-hydroxylation sites is 2. The number of ether oxygens (including phenoxy) is 2. The predicted octanol–water partition coefficient (Wildman–Crippen LogP) is 7.34. The first kappa shape index (κ1) is 24.1. The largest absolute Gasteiger partial charge is 0.486 e. The van der Waals surface area contributed by atoms with E-state index in [1.165, 1.54) is 11.3 Å². The Bertz CT molecular complexity index is 1840. The van der Waals surface area contributed by atoms with E-state index >= 15 is 0 Å². The average Bonchev–Trinajstić information content (AvgIpc) is 3.65.